The van der Waals surface area contributed by atoms with E-state index in [0.29, 0.717) is 22.6 Å². The molecular weight excluding hydrogens is 324 g/mol. The van der Waals surface area contributed by atoms with Crippen molar-refractivity contribution in [1.82, 2.24) is 0 Å². The summed E-state index contributed by atoms with van der Waals surface area (Å²) in [5.41, 5.74) is 1.53. The molecule has 25 heavy (non-hydrogen) atoms. The van der Waals surface area contributed by atoms with Crippen molar-refractivity contribution in [1.29, 1.82) is 0 Å². The van der Waals surface area contributed by atoms with Crippen LogP contribution in [-0.2, 0) is 0 Å². The Morgan fingerprint density at radius 2 is 1.08 bits per heavy atom. The van der Waals surface area contributed by atoms with Gasteiger partial charge < -0.3 is 4.74 Å². The van der Waals surface area contributed by atoms with Gasteiger partial charge in [0.2, 0.25) is 11.4 Å². The monoisotopic (exact) mass is 340 g/mol. The topological polar surface area (TPSA) is 95.5 Å². The van der Waals surface area contributed by atoms with Crippen molar-refractivity contribution >= 4 is 12.2 Å². The van der Waals surface area contributed by atoms with E-state index in [4.69, 9.17) is 4.74 Å². The highest BCUT2D eigenvalue weighted by molar-refractivity contribution is 5.53. The zero-order chi connectivity index (χ0) is 18.4. The van der Waals surface area contributed by atoms with E-state index in [1.807, 2.05) is 0 Å². The van der Waals surface area contributed by atoms with Gasteiger partial charge in [0.15, 0.2) is 0 Å². The summed E-state index contributed by atoms with van der Waals surface area (Å²) in [6.45, 7) is 2.86. The SMILES string of the molecule is CC(=Cc1ccc(Oc2ccc(C=C(C)[N+](=O)[O-])cc2)cc1)[N+](=O)[O-]. The Hall–Kier alpha value is -3.48. The van der Waals surface area contributed by atoms with Crippen LogP contribution in [0.2, 0.25) is 0 Å². The first-order valence-corrected chi connectivity index (χ1v) is 7.38. The van der Waals surface area contributed by atoms with Crippen LogP contribution in [0.15, 0.2) is 59.9 Å². The summed E-state index contributed by atoms with van der Waals surface area (Å²) in [5.74, 6) is 1.17. The fourth-order valence-electron chi connectivity index (χ4n) is 1.99. The Kier molecular flexibility index (Phi) is 5.62. The third-order valence-electron chi connectivity index (χ3n) is 3.32. The molecule has 2 aromatic carbocycles. The molecule has 2 rings (SSSR count). The molecule has 0 amide bonds. The molecule has 0 aliphatic heterocycles. The maximum Gasteiger partial charge on any atom is 0.243 e. The predicted molar refractivity (Wildman–Crippen MR) is 94.2 cm³/mol. The van der Waals surface area contributed by atoms with E-state index >= 15 is 0 Å². The number of allylic oxidation sites excluding steroid dienone is 2. The van der Waals surface area contributed by atoms with Crippen LogP contribution in [0.25, 0.3) is 12.2 Å². The van der Waals surface area contributed by atoms with Gasteiger partial charge in [0.1, 0.15) is 11.5 Å². The molecule has 0 spiro atoms. The smallest absolute Gasteiger partial charge is 0.243 e. The van der Waals surface area contributed by atoms with Crippen LogP contribution >= 0.6 is 0 Å². The Bertz CT molecular complexity index is 765. The van der Waals surface area contributed by atoms with Gasteiger partial charge in [-0.1, -0.05) is 24.3 Å². The lowest BCUT2D eigenvalue weighted by Crippen LogP contribution is -1.93. The zero-order valence-corrected chi connectivity index (χ0v) is 13.7. The van der Waals surface area contributed by atoms with E-state index in [9.17, 15) is 20.2 Å². The van der Waals surface area contributed by atoms with Crippen molar-refractivity contribution in [2.45, 2.75) is 13.8 Å². The average molecular weight is 340 g/mol. The van der Waals surface area contributed by atoms with Gasteiger partial charge in [0.05, 0.1) is 9.85 Å². The van der Waals surface area contributed by atoms with Crippen molar-refractivity contribution in [2.75, 3.05) is 0 Å². The fraction of sp³-hybridized carbons (Fsp3) is 0.111. The number of benzene rings is 2. The lowest BCUT2D eigenvalue weighted by Gasteiger charge is -2.06. The minimum Gasteiger partial charge on any atom is -0.457 e. The summed E-state index contributed by atoms with van der Waals surface area (Å²) in [5, 5.41) is 21.2. The van der Waals surface area contributed by atoms with Crippen LogP contribution in [0.1, 0.15) is 25.0 Å². The van der Waals surface area contributed by atoms with Crippen LogP contribution in [0, 0.1) is 20.2 Å². The zero-order valence-electron chi connectivity index (χ0n) is 13.7. The molecular formula is C18H16N2O5. The molecule has 128 valence electrons. The molecule has 7 nitrogen and oxygen atoms in total. The maximum absolute atomic E-state index is 10.6. The summed E-state index contributed by atoms with van der Waals surface area (Å²) >= 11 is 0. The number of ether oxygens (including phenoxy) is 1. The maximum atomic E-state index is 10.6. The van der Waals surface area contributed by atoms with Gasteiger partial charge in [-0.3, -0.25) is 20.2 Å². The van der Waals surface area contributed by atoms with E-state index in [0.717, 1.165) is 0 Å². The van der Waals surface area contributed by atoms with Gasteiger partial charge in [0, 0.05) is 26.0 Å². The second-order valence-corrected chi connectivity index (χ2v) is 5.33. The molecule has 0 aliphatic rings. The molecule has 0 saturated heterocycles. The number of hydrogen-bond donors (Lipinski definition) is 0. The van der Waals surface area contributed by atoms with Crippen molar-refractivity contribution < 1.29 is 14.6 Å². The summed E-state index contributed by atoms with van der Waals surface area (Å²) in [4.78, 5) is 20.3. The van der Waals surface area contributed by atoms with E-state index in [1.165, 1.54) is 26.0 Å². The standard InChI is InChI=1S/C18H16N2O5/c1-13(19(21)22)11-15-3-7-17(8-4-15)25-18-9-5-16(6-10-18)12-14(2)20(23)24/h3-12H,1-2H3. The van der Waals surface area contributed by atoms with Gasteiger partial charge in [-0.15, -0.1) is 0 Å². The number of nitrogens with zero attached hydrogens (tertiary/aromatic N) is 2. The molecule has 2 aromatic rings. The van der Waals surface area contributed by atoms with Crippen molar-refractivity contribution in [3.8, 4) is 11.5 Å². The van der Waals surface area contributed by atoms with Crippen molar-refractivity contribution in [3.63, 3.8) is 0 Å². The van der Waals surface area contributed by atoms with Crippen LogP contribution < -0.4 is 4.74 Å². The molecule has 0 aliphatic carbocycles. The summed E-state index contributed by atoms with van der Waals surface area (Å²) < 4.78 is 5.68. The average Bonchev–Trinajstić information content (AvgIpc) is 2.58. The number of rotatable bonds is 6. The van der Waals surface area contributed by atoms with Gasteiger partial charge >= 0.3 is 0 Å². The molecule has 0 unspecified atom stereocenters. The second-order valence-electron chi connectivity index (χ2n) is 5.33. The van der Waals surface area contributed by atoms with E-state index < -0.39 is 9.85 Å². The normalized spacial score (nSPS) is 11.9. The lowest BCUT2D eigenvalue weighted by molar-refractivity contribution is -0.422. The third-order valence-corrected chi connectivity index (χ3v) is 3.32. The first-order chi connectivity index (χ1) is 11.8. The first kappa shape index (κ1) is 17.9. The summed E-state index contributed by atoms with van der Waals surface area (Å²) in [6, 6.07) is 13.7. The van der Waals surface area contributed by atoms with Crippen molar-refractivity contribution in [2.24, 2.45) is 0 Å². The first-order valence-electron chi connectivity index (χ1n) is 7.38. The van der Waals surface area contributed by atoms with Crippen LogP contribution in [0.5, 0.6) is 11.5 Å². The highest BCUT2D eigenvalue weighted by Gasteiger charge is 2.04. The molecule has 0 bridgehead atoms. The summed E-state index contributed by atoms with van der Waals surface area (Å²) in [6.07, 6.45) is 2.95. The summed E-state index contributed by atoms with van der Waals surface area (Å²) in [7, 11) is 0. The van der Waals surface area contributed by atoms with Crippen LogP contribution in [0.3, 0.4) is 0 Å². The molecule has 0 radical (unpaired) electrons. The number of hydrogen-bond acceptors (Lipinski definition) is 5. The highest BCUT2D eigenvalue weighted by Crippen LogP contribution is 2.23. The molecule has 0 atom stereocenters. The minimum absolute atomic E-state index is 0.0577. The van der Waals surface area contributed by atoms with Gasteiger partial charge in [0.25, 0.3) is 0 Å². The predicted octanol–water partition coefficient (Wildman–Crippen LogP) is 4.75. The number of nitro groups is 2. The Balaban J connectivity index is 2.07. The Morgan fingerprint density at radius 1 is 0.760 bits per heavy atom. The third kappa shape index (κ3) is 5.28. The van der Waals surface area contributed by atoms with Gasteiger partial charge in [-0.2, -0.15) is 0 Å². The van der Waals surface area contributed by atoms with E-state index in [1.54, 1.807) is 48.5 Å². The fourth-order valence-corrected chi connectivity index (χ4v) is 1.99. The van der Waals surface area contributed by atoms with Crippen LogP contribution in [0.4, 0.5) is 0 Å². The van der Waals surface area contributed by atoms with Crippen molar-refractivity contribution in [3.05, 3.63) is 91.3 Å². The molecule has 0 aromatic heterocycles. The molecule has 0 saturated carbocycles. The minimum atomic E-state index is -0.443. The second kappa shape index (κ2) is 7.87. The molecule has 0 N–H and O–H groups in total. The quantitative estimate of drug-likeness (QED) is 0.558. The Morgan fingerprint density at radius 3 is 1.36 bits per heavy atom. The molecule has 0 fully saturated rings. The van der Waals surface area contributed by atoms with Gasteiger partial charge in [-0.05, 0) is 35.4 Å². The largest absolute Gasteiger partial charge is 0.457 e. The van der Waals surface area contributed by atoms with E-state index in [2.05, 4.69) is 0 Å². The Labute approximate surface area is 144 Å². The lowest BCUT2D eigenvalue weighted by atomic mass is 10.2. The molecule has 7 heteroatoms. The molecule has 0 heterocycles. The van der Waals surface area contributed by atoms with E-state index in [-0.39, 0.29) is 11.4 Å². The van der Waals surface area contributed by atoms with Gasteiger partial charge in [-0.25, -0.2) is 0 Å². The highest BCUT2D eigenvalue weighted by atomic mass is 16.6. The van der Waals surface area contributed by atoms with Crippen LogP contribution in [-0.4, -0.2) is 9.85 Å².